The first kappa shape index (κ1) is 7.92. The predicted octanol–water partition coefficient (Wildman–Crippen LogP) is 1.91. The van der Waals surface area contributed by atoms with E-state index in [0.29, 0.717) is 12.8 Å². The molecule has 1 aliphatic rings. The van der Waals surface area contributed by atoms with Gasteiger partial charge in [0.15, 0.2) is 0 Å². The van der Waals surface area contributed by atoms with E-state index in [1.165, 1.54) is 0 Å². The van der Waals surface area contributed by atoms with E-state index in [0.717, 1.165) is 0 Å². The quantitative estimate of drug-likeness (QED) is 0.605. The first-order valence-electron chi connectivity index (χ1n) is 3.64. The zero-order valence-electron chi connectivity index (χ0n) is 6.16. The summed E-state index contributed by atoms with van der Waals surface area (Å²) in [6.07, 6.45) is 0.965. The summed E-state index contributed by atoms with van der Waals surface area (Å²) in [7, 11) is 0. The first-order chi connectivity index (χ1) is 4.47. The summed E-state index contributed by atoms with van der Waals surface area (Å²) in [5.74, 6) is -2.50. The Morgan fingerprint density at radius 1 is 1.40 bits per heavy atom. The summed E-state index contributed by atoms with van der Waals surface area (Å²) in [6, 6.07) is 0. The van der Waals surface area contributed by atoms with Crippen LogP contribution < -0.4 is 5.73 Å². The molecule has 1 aliphatic carbocycles. The molecule has 0 aromatic heterocycles. The van der Waals surface area contributed by atoms with E-state index in [2.05, 4.69) is 0 Å². The maximum absolute atomic E-state index is 12.5. The second kappa shape index (κ2) is 2.16. The zero-order chi connectivity index (χ0) is 7.83. The summed E-state index contributed by atoms with van der Waals surface area (Å²) in [4.78, 5) is 0. The van der Waals surface area contributed by atoms with Crippen molar-refractivity contribution in [1.29, 1.82) is 0 Å². The van der Waals surface area contributed by atoms with Crippen LogP contribution in [0, 0.1) is 0 Å². The van der Waals surface area contributed by atoms with Gasteiger partial charge in [-0.25, -0.2) is 8.78 Å². The van der Waals surface area contributed by atoms with Gasteiger partial charge in [-0.3, -0.25) is 0 Å². The van der Waals surface area contributed by atoms with Crippen molar-refractivity contribution in [2.45, 2.75) is 44.1 Å². The van der Waals surface area contributed by atoms with Crippen molar-refractivity contribution in [3.63, 3.8) is 0 Å². The van der Waals surface area contributed by atoms with E-state index < -0.39 is 11.5 Å². The molecule has 10 heavy (non-hydrogen) atoms. The molecular weight excluding hydrogens is 136 g/mol. The largest absolute Gasteiger partial charge is 0.325 e. The van der Waals surface area contributed by atoms with E-state index in [4.69, 9.17) is 5.73 Å². The van der Waals surface area contributed by atoms with Crippen LogP contribution in [0.25, 0.3) is 0 Å². The lowest BCUT2D eigenvalue weighted by Crippen LogP contribution is -2.37. The molecule has 1 atom stereocenters. The van der Waals surface area contributed by atoms with Crippen molar-refractivity contribution in [3.8, 4) is 0 Å². The van der Waals surface area contributed by atoms with Gasteiger partial charge in [0, 0.05) is 18.4 Å². The van der Waals surface area contributed by atoms with Crippen LogP contribution in [0.5, 0.6) is 0 Å². The van der Waals surface area contributed by atoms with Gasteiger partial charge in [-0.2, -0.15) is 0 Å². The van der Waals surface area contributed by atoms with Crippen LogP contribution >= 0.6 is 0 Å². The van der Waals surface area contributed by atoms with Gasteiger partial charge in [-0.15, -0.1) is 0 Å². The fraction of sp³-hybridized carbons (Fsp3) is 1.00. The van der Waals surface area contributed by atoms with Crippen LogP contribution in [0.15, 0.2) is 0 Å². The Hall–Kier alpha value is -0.180. The Morgan fingerprint density at radius 2 is 2.00 bits per heavy atom. The van der Waals surface area contributed by atoms with Crippen molar-refractivity contribution in [2.75, 3.05) is 0 Å². The average Bonchev–Trinajstić information content (AvgIpc) is 2.08. The van der Waals surface area contributed by atoms with Crippen molar-refractivity contribution in [3.05, 3.63) is 0 Å². The molecule has 0 heterocycles. The molecule has 3 heteroatoms. The van der Waals surface area contributed by atoms with Gasteiger partial charge >= 0.3 is 0 Å². The van der Waals surface area contributed by atoms with E-state index in [-0.39, 0.29) is 12.8 Å². The highest BCUT2D eigenvalue weighted by molar-refractivity contribution is 4.96. The van der Waals surface area contributed by atoms with E-state index in [9.17, 15) is 8.78 Å². The first-order valence-corrected chi connectivity index (χ1v) is 3.64. The SMILES string of the molecule is CCC1(N)CCC(F)(F)C1. The summed E-state index contributed by atoms with van der Waals surface area (Å²) in [5, 5.41) is 0. The van der Waals surface area contributed by atoms with Gasteiger partial charge in [-0.1, -0.05) is 6.92 Å². The predicted molar refractivity (Wildman–Crippen MR) is 36.0 cm³/mol. The highest BCUT2D eigenvalue weighted by Gasteiger charge is 2.45. The third kappa shape index (κ3) is 1.45. The van der Waals surface area contributed by atoms with E-state index >= 15 is 0 Å². The third-order valence-corrected chi connectivity index (χ3v) is 2.30. The number of nitrogens with two attached hydrogens (primary N) is 1. The number of rotatable bonds is 1. The van der Waals surface area contributed by atoms with Crippen molar-refractivity contribution < 1.29 is 8.78 Å². The molecule has 1 rings (SSSR count). The van der Waals surface area contributed by atoms with Crippen LogP contribution in [-0.4, -0.2) is 11.5 Å². The second-order valence-electron chi connectivity index (χ2n) is 3.25. The Kier molecular flexibility index (Phi) is 1.71. The Morgan fingerprint density at radius 3 is 2.20 bits per heavy atom. The third-order valence-electron chi connectivity index (χ3n) is 2.30. The minimum Gasteiger partial charge on any atom is -0.325 e. The molecule has 1 nitrogen and oxygen atoms in total. The molecule has 1 saturated carbocycles. The van der Waals surface area contributed by atoms with Gasteiger partial charge in [0.2, 0.25) is 5.92 Å². The lowest BCUT2D eigenvalue weighted by atomic mass is 9.96. The Labute approximate surface area is 59.6 Å². The smallest absolute Gasteiger partial charge is 0.250 e. The fourth-order valence-corrected chi connectivity index (χ4v) is 1.43. The van der Waals surface area contributed by atoms with Crippen LogP contribution in [0.4, 0.5) is 8.78 Å². The number of alkyl halides is 2. The maximum atomic E-state index is 12.5. The zero-order valence-corrected chi connectivity index (χ0v) is 6.16. The molecule has 0 aromatic rings. The highest BCUT2D eigenvalue weighted by atomic mass is 19.3. The van der Waals surface area contributed by atoms with Crippen LogP contribution in [-0.2, 0) is 0 Å². The molecule has 0 spiro atoms. The van der Waals surface area contributed by atoms with Gasteiger partial charge in [0.05, 0.1) is 0 Å². The van der Waals surface area contributed by atoms with E-state index in [1.54, 1.807) is 0 Å². The molecule has 2 N–H and O–H groups in total. The molecule has 1 fully saturated rings. The normalized spacial score (nSPS) is 38.4. The standard InChI is InChI=1S/C7H13F2N/c1-2-6(10)3-4-7(8,9)5-6/h2-5,10H2,1H3. The summed E-state index contributed by atoms with van der Waals surface area (Å²) < 4.78 is 25.1. The lowest BCUT2D eigenvalue weighted by molar-refractivity contribution is 0.00300. The van der Waals surface area contributed by atoms with Gasteiger partial charge < -0.3 is 5.73 Å². The molecular formula is C7H13F2N. The number of halogens is 2. The van der Waals surface area contributed by atoms with Gasteiger partial charge in [0.1, 0.15) is 0 Å². The molecule has 60 valence electrons. The maximum Gasteiger partial charge on any atom is 0.250 e. The number of hydrogen-bond acceptors (Lipinski definition) is 1. The second-order valence-corrected chi connectivity index (χ2v) is 3.25. The summed E-state index contributed by atoms with van der Waals surface area (Å²) in [6.45, 7) is 1.86. The minimum absolute atomic E-state index is 0.0304. The average molecular weight is 149 g/mol. The summed E-state index contributed by atoms with van der Waals surface area (Å²) >= 11 is 0. The van der Waals surface area contributed by atoms with E-state index in [1.807, 2.05) is 6.92 Å². The summed E-state index contributed by atoms with van der Waals surface area (Å²) in [5.41, 5.74) is 5.07. The Balaban J connectivity index is 2.57. The highest BCUT2D eigenvalue weighted by Crippen LogP contribution is 2.41. The number of hydrogen-bond donors (Lipinski definition) is 1. The monoisotopic (exact) mass is 149 g/mol. The topological polar surface area (TPSA) is 26.0 Å². The molecule has 1 unspecified atom stereocenters. The van der Waals surface area contributed by atoms with Gasteiger partial charge in [0.25, 0.3) is 0 Å². The van der Waals surface area contributed by atoms with Crippen LogP contribution in [0.1, 0.15) is 32.6 Å². The Bertz CT molecular complexity index is 136. The van der Waals surface area contributed by atoms with Crippen LogP contribution in [0.2, 0.25) is 0 Å². The molecule has 0 saturated heterocycles. The van der Waals surface area contributed by atoms with Crippen molar-refractivity contribution >= 4 is 0 Å². The van der Waals surface area contributed by atoms with Crippen LogP contribution in [0.3, 0.4) is 0 Å². The molecule has 0 aromatic carbocycles. The fourth-order valence-electron chi connectivity index (χ4n) is 1.43. The molecule has 0 bridgehead atoms. The van der Waals surface area contributed by atoms with Crippen molar-refractivity contribution in [2.24, 2.45) is 5.73 Å². The minimum atomic E-state index is -2.50. The lowest BCUT2D eigenvalue weighted by Gasteiger charge is -2.20. The van der Waals surface area contributed by atoms with Crippen molar-refractivity contribution in [1.82, 2.24) is 0 Å². The molecule has 0 radical (unpaired) electrons. The van der Waals surface area contributed by atoms with Gasteiger partial charge in [-0.05, 0) is 12.8 Å². The molecule has 0 amide bonds. The molecule has 0 aliphatic heterocycles.